The second-order valence-electron chi connectivity index (χ2n) is 4.90. The Hall–Kier alpha value is -2.67. The number of carboxylic acids is 1. The topological polar surface area (TPSA) is 37.3 Å². The molecule has 0 aliphatic carbocycles. The van der Waals surface area contributed by atoms with Gasteiger partial charge in [0.25, 0.3) is 0 Å². The predicted octanol–water partition coefficient (Wildman–Crippen LogP) is 5.47. The molecule has 0 bridgehead atoms. The van der Waals surface area contributed by atoms with Crippen LogP contribution in [0.15, 0.2) is 30.8 Å². The van der Waals surface area contributed by atoms with Crippen LogP contribution < -0.4 is 0 Å². The largest absolute Gasteiger partial charge is 0.477 e. The molecule has 2 aromatic carbocycles. The summed E-state index contributed by atoms with van der Waals surface area (Å²) < 4.78 is 55.7. The van der Waals surface area contributed by atoms with Gasteiger partial charge in [-0.05, 0) is 24.3 Å². The first kappa shape index (κ1) is 16.2. The van der Waals surface area contributed by atoms with Crippen LogP contribution in [0.25, 0.3) is 27.3 Å². The quantitative estimate of drug-likeness (QED) is 0.502. The zero-order valence-electron chi connectivity index (χ0n) is 11.9. The highest BCUT2D eigenvalue weighted by molar-refractivity contribution is 7.21. The molecular formula is C17H8F4O2S. The van der Waals surface area contributed by atoms with Crippen LogP contribution in [0.3, 0.4) is 0 Å². The lowest BCUT2D eigenvalue weighted by Crippen LogP contribution is -2.01. The summed E-state index contributed by atoms with van der Waals surface area (Å²) in [7, 11) is 0. The number of carbonyl (C=O) groups is 1. The molecule has 0 saturated carbocycles. The Morgan fingerprint density at radius 1 is 1.12 bits per heavy atom. The Kier molecular flexibility index (Phi) is 3.88. The lowest BCUT2D eigenvalue weighted by Gasteiger charge is -2.09. The number of benzene rings is 2. The number of fused-ring (bicyclic) bond motifs is 1. The normalized spacial score (nSPS) is 11.0. The van der Waals surface area contributed by atoms with Crippen molar-refractivity contribution < 1.29 is 27.5 Å². The second-order valence-corrected chi connectivity index (χ2v) is 5.96. The van der Waals surface area contributed by atoms with E-state index in [9.17, 15) is 27.5 Å². The van der Waals surface area contributed by atoms with Gasteiger partial charge < -0.3 is 5.11 Å². The predicted molar refractivity (Wildman–Crippen MR) is 84.1 cm³/mol. The molecule has 0 spiro atoms. The lowest BCUT2D eigenvalue weighted by atomic mass is 9.98. The van der Waals surface area contributed by atoms with Gasteiger partial charge in [-0.1, -0.05) is 12.7 Å². The first-order valence-electron chi connectivity index (χ1n) is 6.60. The van der Waals surface area contributed by atoms with E-state index in [-0.39, 0.29) is 20.5 Å². The summed E-state index contributed by atoms with van der Waals surface area (Å²) in [6, 6.07) is 4.05. The molecule has 1 N–H and O–H groups in total. The van der Waals surface area contributed by atoms with E-state index in [0.29, 0.717) is 6.07 Å². The maximum absolute atomic E-state index is 14.6. The Labute approximate surface area is 137 Å². The zero-order chi connectivity index (χ0) is 17.6. The van der Waals surface area contributed by atoms with Crippen LogP contribution in [0.1, 0.15) is 15.2 Å². The van der Waals surface area contributed by atoms with Crippen LogP contribution in [0.5, 0.6) is 0 Å². The van der Waals surface area contributed by atoms with Gasteiger partial charge in [-0.2, -0.15) is 0 Å². The lowest BCUT2D eigenvalue weighted by molar-refractivity contribution is 0.0703. The highest BCUT2D eigenvalue weighted by Gasteiger charge is 2.25. The van der Waals surface area contributed by atoms with Crippen LogP contribution in [0.2, 0.25) is 0 Å². The van der Waals surface area contributed by atoms with Crippen LogP contribution in [0, 0.1) is 23.3 Å². The number of thiophene rings is 1. The van der Waals surface area contributed by atoms with Crippen molar-refractivity contribution in [2.24, 2.45) is 0 Å². The van der Waals surface area contributed by atoms with E-state index in [0.717, 1.165) is 29.5 Å². The highest BCUT2D eigenvalue weighted by atomic mass is 32.1. The average molecular weight is 352 g/mol. The average Bonchev–Trinajstić information content (AvgIpc) is 2.90. The smallest absolute Gasteiger partial charge is 0.346 e. The minimum absolute atomic E-state index is 0.123. The van der Waals surface area contributed by atoms with Crippen molar-refractivity contribution in [2.75, 3.05) is 0 Å². The number of hydrogen-bond acceptors (Lipinski definition) is 2. The van der Waals surface area contributed by atoms with E-state index in [2.05, 4.69) is 6.58 Å². The van der Waals surface area contributed by atoms with E-state index in [4.69, 9.17) is 0 Å². The van der Waals surface area contributed by atoms with Gasteiger partial charge in [0, 0.05) is 26.8 Å². The fourth-order valence-corrected chi connectivity index (χ4v) is 3.55. The number of carboxylic acid groups (broad SMARTS) is 1. The maximum atomic E-state index is 14.6. The highest BCUT2D eigenvalue weighted by Crippen LogP contribution is 2.41. The Bertz CT molecular complexity index is 1010. The molecule has 0 fully saturated rings. The third kappa shape index (κ3) is 2.37. The van der Waals surface area contributed by atoms with Gasteiger partial charge in [-0.3, -0.25) is 0 Å². The van der Waals surface area contributed by atoms with Crippen molar-refractivity contribution in [1.29, 1.82) is 0 Å². The van der Waals surface area contributed by atoms with E-state index >= 15 is 0 Å². The summed E-state index contributed by atoms with van der Waals surface area (Å²) in [4.78, 5) is 11.2. The molecule has 1 heterocycles. The van der Waals surface area contributed by atoms with E-state index in [1.807, 2.05) is 0 Å². The van der Waals surface area contributed by atoms with Crippen molar-refractivity contribution in [3.8, 4) is 11.1 Å². The van der Waals surface area contributed by atoms with Crippen molar-refractivity contribution in [3.05, 3.63) is 64.6 Å². The number of rotatable bonds is 3. The molecule has 1 aromatic heterocycles. The molecule has 0 atom stereocenters. The zero-order valence-corrected chi connectivity index (χ0v) is 12.7. The first-order chi connectivity index (χ1) is 11.3. The molecule has 24 heavy (non-hydrogen) atoms. The van der Waals surface area contributed by atoms with E-state index < -0.39 is 40.4 Å². The molecule has 0 aliphatic rings. The Morgan fingerprint density at radius 2 is 1.83 bits per heavy atom. The first-order valence-corrected chi connectivity index (χ1v) is 7.42. The molecule has 0 aliphatic heterocycles. The van der Waals surface area contributed by atoms with Crippen LogP contribution >= 0.6 is 11.3 Å². The van der Waals surface area contributed by atoms with Crippen molar-refractivity contribution in [2.45, 2.75) is 0 Å². The fourth-order valence-electron chi connectivity index (χ4n) is 2.47. The summed E-state index contributed by atoms with van der Waals surface area (Å²) in [5.41, 5.74) is -1.23. The van der Waals surface area contributed by atoms with Crippen LogP contribution in [-0.4, -0.2) is 11.1 Å². The van der Waals surface area contributed by atoms with Gasteiger partial charge in [0.2, 0.25) is 0 Å². The monoisotopic (exact) mass is 352 g/mol. The van der Waals surface area contributed by atoms with E-state index in [1.54, 1.807) is 0 Å². The third-order valence-electron chi connectivity index (χ3n) is 3.51. The number of hydrogen-bond donors (Lipinski definition) is 1. The van der Waals surface area contributed by atoms with Gasteiger partial charge in [0.15, 0.2) is 11.6 Å². The SMILES string of the molecule is C=Cc1c(F)c(F)cc(-c2c(C(=O)O)sc3cc(F)ccc23)c1F. The molecule has 122 valence electrons. The summed E-state index contributed by atoms with van der Waals surface area (Å²) >= 11 is 0.725. The third-order valence-corrected chi connectivity index (χ3v) is 4.65. The number of aromatic carboxylic acids is 1. The molecule has 0 radical (unpaired) electrons. The minimum atomic E-state index is -1.41. The molecule has 0 saturated heterocycles. The van der Waals surface area contributed by atoms with E-state index in [1.165, 1.54) is 6.07 Å². The summed E-state index contributed by atoms with van der Waals surface area (Å²) in [5.74, 6) is -5.84. The number of halogens is 4. The van der Waals surface area contributed by atoms with Crippen molar-refractivity contribution in [3.63, 3.8) is 0 Å². The summed E-state index contributed by atoms with van der Waals surface area (Å²) in [6.07, 6.45) is 0.811. The van der Waals surface area contributed by atoms with Gasteiger partial charge in [-0.25, -0.2) is 22.4 Å². The second kappa shape index (κ2) is 5.76. The summed E-state index contributed by atoms with van der Waals surface area (Å²) in [5, 5.41) is 9.58. The van der Waals surface area contributed by atoms with Crippen molar-refractivity contribution >= 4 is 33.5 Å². The molecular weight excluding hydrogens is 344 g/mol. The van der Waals surface area contributed by atoms with Crippen LogP contribution in [-0.2, 0) is 0 Å². The van der Waals surface area contributed by atoms with Gasteiger partial charge in [0.05, 0.1) is 0 Å². The Balaban J connectivity index is 2.46. The fraction of sp³-hybridized carbons (Fsp3) is 0. The standard InChI is InChI=1S/C17H8F4O2S/c1-2-8-14(20)10(6-11(19)15(8)21)13-9-4-3-7(18)5-12(9)24-16(13)17(22)23/h2-6H,1H2,(H,22,23). The van der Waals surface area contributed by atoms with Gasteiger partial charge >= 0.3 is 5.97 Å². The van der Waals surface area contributed by atoms with Crippen molar-refractivity contribution in [1.82, 2.24) is 0 Å². The molecule has 0 unspecified atom stereocenters. The maximum Gasteiger partial charge on any atom is 0.346 e. The molecule has 2 nitrogen and oxygen atoms in total. The van der Waals surface area contributed by atoms with Crippen LogP contribution in [0.4, 0.5) is 17.6 Å². The van der Waals surface area contributed by atoms with Gasteiger partial charge in [-0.15, -0.1) is 11.3 Å². The van der Waals surface area contributed by atoms with Gasteiger partial charge in [0.1, 0.15) is 16.5 Å². The minimum Gasteiger partial charge on any atom is -0.477 e. The molecule has 0 amide bonds. The molecule has 7 heteroatoms. The molecule has 3 aromatic rings. The Morgan fingerprint density at radius 3 is 2.46 bits per heavy atom. The molecule has 3 rings (SSSR count). The summed E-state index contributed by atoms with van der Waals surface area (Å²) in [6.45, 7) is 3.24.